The fourth-order valence-electron chi connectivity index (χ4n) is 5.41. The van der Waals surface area contributed by atoms with Crippen LogP contribution in [0.25, 0.3) is 0 Å². The molecule has 1 aliphatic rings. The standard InChI is InChI=1S/C31H43F4N5O5/c1-17-16-39(18(2)15-38(17)19(3)21-12-11-20(32)13-22(21)31(33,34)35)23-14-24(41)37(10)26(25(23)36)40(27(42)44-29(4,5)6)28(43)45-30(7,8)9/h11-14,17-19H,15-16,36H2,1-10H3/t17-,18+,19?/m1/s1. The summed E-state index contributed by atoms with van der Waals surface area (Å²) in [7, 11) is 1.35. The number of nitrogen functional groups attached to an aromatic ring is 1. The Bertz CT molecular complexity index is 1470. The van der Waals surface area contributed by atoms with E-state index in [0.29, 0.717) is 11.0 Å². The van der Waals surface area contributed by atoms with E-state index in [2.05, 4.69) is 0 Å². The van der Waals surface area contributed by atoms with Crippen molar-refractivity contribution in [3.63, 3.8) is 0 Å². The van der Waals surface area contributed by atoms with E-state index in [1.807, 2.05) is 23.6 Å². The Balaban J connectivity index is 2.06. The number of anilines is 3. The molecular formula is C31H43F4N5O5. The second-order valence-corrected chi connectivity index (χ2v) is 13.4. The summed E-state index contributed by atoms with van der Waals surface area (Å²) in [5, 5.41) is 0. The molecule has 14 heteroatoms. The zero-order valence-electron chi connectivity index (χ0n) is 27.4. The number of imide groups is 1. The van der Waals surface area contributed by atoms with Gasteiger partial charge >= 0.3 is 18.4 Å². The molecule has 3 rings (SSSR count). The van der Waals surface area contributed by atoms with Crippen molar-refractivity contribution < 1.29 is 36.6 Å². The molecule has 2 N–H and O–H groups in total. The van der Waals surface area contributed by atoms with Crippen LogP contribution in [0.15, 0.2) is 29.1 Å². The monoisotopic (exact) mass is 641 g/mol. The van der Waals surface area contributed by atoms with Crippen molar-refractivity contribution in [2.24, 2.45) is 7.05 Å². The molecule has 0 saturated carbocycles. The van der Waals surface area contributed by atoms with E-state index in [9.17, 15) is 31.9 Å². The largest absolute Gasteiger partial charge is 0.443 e. The van der Waals surface area contributed by atoms with Crippen LogP contribution in [0.2, 0.25) is 0 Å². The number of pyridine rings is 1. The number of carbonyl (C=O) groups is 2. The van der Waals surface area contributed by atoms with Gasteiger partial charge < -0.3 is 20.1 Å². The molecule has 1 fully saturated rings. The van der Waals surface area contributed by atoms with E-state index in [4.69, 9.17) is 15.2 Å². The second-order valence-electron chi connectivity index (χ2n) is 13.4. The molecule has 1 aliphatic heterocycles. The van der Waals surface area contributed by atoms with Crippen molar-refractivity contribution >= 4 is 29.4 Å². The number of rotatable bonds is 4. The summed E-state index contributed by atoms with van der Waals surface area (Å²) in [6.45, 7) is 15.4. The minimum Gasteiger partial charge on any atom is -0.443 e. The van der Waals surface area contributed by atoms with Gasteiger partial charge in [0.1, 0.15) is 17.0 Å². The Morgan fingerprint density at radius 1 is 0.956 bits per heavy atom. The predicted molar refractivity (Wildman–Crippen MR) is 164 cm³/mol. The summed E-state index contributed by atoms with van der Waals surface area (Å²) >= 11 is 0. The van der Waals surface area contributed by atoms with Gasteiger partial charge in [0.25, 0.3) is 5.56 Å². The predicted octanol–water partition coefficient (Wildman–Crippen LogP) is 6.46. The third kappa shape index (κ3) is 8.08. The molecule has 2 aromatic rings. The van der Waals surface area contributed by atoms with Crippen LogP contribution in [-0.2, 0) is 22.7 Å². The summed E-state index contributed by atoms with van der Waals surface area (Å²) in [6, 6.07) is 2.46. The molecule has 0 aliphatic carbocycles. The number of carbonyl (C=O) groups excluding carboxylic acids is 2. The number of aromatic nitrogens is 1. The first-order chi connectivity index (χ1) is 20.4. The lowest BCUT2D eigenvalue weighted by atomic mass is 9.96. The Hall–Kier alpha value is -3.81. The highest BCUT2D eigenvalue weighted by Crippen LogP contribution is 2.40. The number of hydrogen-bond acceptors (Lipinski definition) is 8. The molecule has 0 radical (unpaired) electrons. The van der Waals surface area contributed by atoms with Crippen LogP contribution in [0.4, 0.5) is 44.3 Å². The lowest BCUT2D eigenvalue weighted by Crippen LogP contribution is -2.57. The maximum Gasteiger partial charge on any atom is 0.425 e. The normalized spacial score (nSPS) is 18.8. The van der Waals surface area contributed by atoms with E-state index >= 15 is 0 Å². The fourth-order valence-corrected chi connectivity index (χ4v) is 5.41. The number of hydrogen-bond donors (Lipinski definition) is 1. The summed E-state index contributed by atoms with van der Waals surface area (Å²) < 4.78 is 67.2. The number of amides is 2. The highest BCUT2D eigenvalue weighted by Gasteiger charge is 2.41. The number of nitrogens with zero attached hydrogens (tertiary/aromatic N) is 4. The van der Waals surface area contributed by atoms with E-state index < -0.39 is 58.6 Å². The number of piperazine rings is 1. The lowest BCUT2D eigenvalue weighted by molar-refractivity contribution is -0.139. The first kappa shape index (κ1) is 35.7. The smallest absolute Gasteiger partial charge is 0.425 e. The van der Waals surface area contributed by atoms with Crippen molar-refractivity contribution in [1.29, 1.82) is 0 Å². The number of benzene rings is 1. The van der Waals surface area contributed by atoms with E-state index in [1.54, 1.807) is 48.5 Å². The van der Waals surface area contributed by atoms with Gasteiger partial charge in [0.2, 0.25) is 0 Å². The maximum absolute atomic E-state index is 13.8. The molecule has 0 spiro atoms. The van der Waals surface area contributed by atoms with Crippen molar-refractivity contribution in [2.45, 2.75) is 97.8 Å². The molecule has 1 aromatic carbocycles. The van der Waals surface area contributed by atoms with Crippen LogP contribution in [-0.4, -0.2) is 58.0 Å². The molecule has 1 aromatic heterocycles. The Morgan fingerprint density at radius 3 is 1.98 bits per heavy atom. The topological polar surface area (TPSA) is 110 Å². The van der Waals surface area contributed by atoms with Crippen molar-refractivity contribution in [1.82, 2.24) is 9.47 Å². The van der Waals surface area contributed by atoms with Crippen molar-refractivity contribution in [3.8, 4) is 0 Å². The van der Waals surface area contributed by atoms with Crippen molar-refractivity contribution in [2.75, 3.05) is 28.6 Å². The Labute approximate surface area is 260 Å². The third-order valence-electron chi connectivity index (χ3n) is 7.40. The summed E-state index contributed by atoms with van der Waals surface area (Å²) in [5.41, 5.74) is 3.10. The van der Waals surface area contributed by atoms with E-state index in [0.717, 1.165) is 16.7 Å². The lowest BCUT2D eigenvalue weighted by Gasteiger charge is -2.48. The molecule has 0 bridgehead atoms. The average molecular weight is 642 g/mol. The van der Waals surface area contributed by atoms with Crippen LogP contribution >= 0.6 is 0 Å². The van der Waals surface area contributed by atoms with Crippen LogP contribution in [0, 0.1) is 5.82 Å². The first-order valence-corrected chi connectivity index (χ1v) is 14.6. The fraction of sp³-hybridized carbons (Fsp3) is 0.581. The van der Waals surface area contributed by atoms with Crippen LogP contribution in [0.3, 0.4) is 0 Å². The molecule has 2 heterocycles. The highest BCUT2D eigenvalue weighted by atomic mass is 19.4. The molecule has 10 nitrogen and oxygen atoms in total. The number of alkyl halides is 3. The minimum absolute atomic E-state index is 0.0582. The third-order valence-corrected chi connectivity index (χ3v) is 7.40. The molecule has 1 saturated heterocycles. The quantitative estimate of drug-likeness (QED) is 0.379. The van der Waals surface area contributed by atoms with Gasteiger partial charge in [0.05, 0.1) is 16.9 Å². The molecule has 45 heavy (non-hydrogen) atoms. The van der Waals surface area contributed by atoms with Gasteiger partial charge in [-0.3, -0.25) is 14.3 Å². The van der Waals surface area contributed by atoms with Crippen LogP contribution in [0.5, 0.6) is 0 Å². The van der Waals surface area contributed by atoms with Gasteiger partial charge in [-0.25, -0.2) is 14.0 Å². The maximum atomic E-state index is 13.8. The van der Waals surface area contributed by atoms with Gasteiger partial charge in [-0.05, 0) is 80.0 Å². The molecule has 1 unspecified atom stereocenters. The summed E-state index contributed by atoms with van der Waals surface area (Å²) in [4.78, 5) is 44.3. The first-order valence-electron chi connectivity index (χ1n) is 14.6. The summed E-state index contributed by atoms with van der Waals surface area (Å²) in [5.74, 6) is -1.23. The van der Waals surface area contributed by atoms with Gasteiger partial charge in [-0.15, -0.1) is 0 Å². The van der Waals surface area contributed by atoms with Crippen LogP contribution in [0.1, 0.15) is 79.5 Å². The van der Waals surface area contributed by atoms with E-state index in [1.165, 1.54) is 13.1 Å². The molecule has 2 amide bonds. The summed E-state index contributed by atoms with van der Waals surface area (Å²) in [6.07, 6.45) is -6.95. The van der Waals surface area contributed by atoms with Gasteiger partial charge in [-0.1, -0.05) is 6.07 Å². The molecule has 250 valence electrons. The van der Waals surface area contributed by atoms with Crippen molar-refractivity contribution in [3.05, 3.63) is 51.6 Å². The molecule has 3 atom stereocenters. The van der Waals surface area contributed by atoms with Gasteiger partial charge in [0, 0.05) is 44.3 Å². The number of nitrogens with two attached hydrogens (primary N) is 1. The zero-order valence-corrected chi connectivity index (χ0v) is 27.4. The van der Waals surface area contributed by atoms with E-state index in [-0.39, 0.29) is 41.9 Å². The number of halogens is 4. The minimum atomic E-state index is -4.74. The molecular weight excluding hydrogens is 598 g/mol. The zero-order chi connectivity index (χ0) is 34.4. The second kappa shape index (κ2) is 12.5. The highest BCUT2D eigenvalue weighted by molar-refractivity contribution is 6.11. The SMILES string of the molecule is CC(c1ccc(F)cc1C(F)(F)F)N1C[C@H](C)N(c2cc(=O)n(C)c(N(C(=O)OC(C)(C)C)C(=O)OC(C)(C)C)c2N)C[C@H]1C. The van der Waals surface area contributed by atoms with Crippen LogP contribution < -0.4 is 21.1 Å². The van der Waals surface area contributed by atoms with Gasteiger partial charge in [0.15, 0.2) is 5.82 Å². The Kier molecular flexibility index (Phi) is 9.93. The van der Waals surface area contributed by atoms with Gasteiger partial charge in [-0.2, -0.15) is 18.1 Å². The average Bonchev–Trinajstić information content (AvgIpc) is 2.86. The number of ether oxygens (including phenoxy) is 2. The Morgan fingerprint density at radius 2 is 1.49 bits per heavy atom.